The molecule has 0 aliphatic heterocycles. The van der Waals surface area contributed by atoms with Crippen molar-refractivity contribution in [3.63, 3.8) is 0 Å². The maximum Gasteiger partial charge on any atom is 0.242 e. The second-order valence-corrected chi connectivity index (χ2v) is 9.48. The van der Waals surface area contributed by atoms with Crippen LogP contribution < -0.4 is 16.0 Å². The van der Waals surface area contributed by atoms with Crippen LogP contribution in [0, 0.1) is 11.6 Å². The molecule has 0 bridgehead atoms. The van der Waals surface area contributed by atoms with Crippen LogP contribution in [0.15, 0.2) is 24.7 Å². The molecule has 1 aliphatic rings. The number of hydrogen-bond donors (Lipinski definition) is 3. The number of carbonyl (C=O) groups excluding carboxylic acids is 1. The molecule has 0 saturated heterocycles. The second-order valence-electron chi connectivity index (χ2n) is 9.48. The lowest BCUT2D eigenvalue weighted by Gasteiger charge is -2.29. The van der Waals surface area contributed by atoms with E-state index in [0.29, 0.717) is 30.6 Å². The van der Waals surface area contributed by atoms with Crippen LogP contribution in [-0.4, -0.2) is 53.3 Å². The van der Waals surface area contributed by atoms with Gasteiger partial charge in [0, 0.05) is 38.0 Å². The number of amides is 1. The Morgan fingerprint density at radius 1 is 1.29 bits per heavy atom. The van der Waals surface area contributed by atoms with Gasteiger partial charge in [0.25, 0.3) is 0 Å². The molecule has 0 fully saturated rings. The quantitative estimate of drug-likeness (QED) is 0.350. The summed E-state index contributed by atoms with van der Waals surface area (Å²) in [4.78, 5) is 17.3. The number of aromatic nitrogens is 2. The molecule has 7 nitrogen and oxygen atoms in total. The molecule has 0 unspecified atom stereocenters. The Labute approximate surface area is 207 Å². The van der Waals surface area contributed by atoms with Crippen molar-refractivity contribution in [1.29, 1.82) is 0 Å². The molecule has 1 heterocycles. The van der Waals surface area contributed by atoms with E-state index in [-0.39, 0.29) is 18.1 Å². The third-order valence-corrected chi connectivity index (χ3v) is 6.18. The zero-order valence-corrected chi connectivity index (χ0v) is 21.1. The number of aryl methyl sites for hydroxylation is 1. The molecular weight excluding hydrogens is 452 g/mol. The predicted molar refractivity (Wildman–Crippen MR) is 133 cm³/mol. The van der Waals surface area contributed by atoms with Gasteiger partial charge in [-0.2, -0.15) is 0 Å². The highest BCUT2D eigenvalue weighted by Gasteiger charge is 2.27. The SMILES string of the molecule is CCC[C@H](N[C@H]1CCc2cc(F)cc(F)c2C1)C(=O)Nc1cn(CCNCCCOC(C)C)cn1. The molecule has 0 radical (unpaired) electrons. The minimum atomic E-state index is -0.539. The molecule has 2 aromatic rings. The number of nitrogens with one attached hydrogen (secondary N) is 3. The molecule has 1 aromatic heterocycles. The van der Waals surface area contributed by atoms with E-state index < -0.39 is 17.7 Å². The summed E-state index contributed by atoms with van der Waals surface area (Å²) >= 11 is 0. The maximum absolute atomic E-state index is 14.3. The van der Waals surface area contributed by atoms with Gasteiger partial charge in [0.2, 0.25) is 5.91 Å². The van der Waals surface area contributed by atoms with Crippen LogP contribution in [0.2, 0.25) is 0 Å². The molecule has 194 valence electrons. The number of anilines is 1. The van der Waals surface area contributed by atoms with Crippen molar-refractivity contribution in [2.75, 3.05) is 25.0 Å². The Hall–Kier alpha value is -2.36. The van der Waals surface area contributed by atoms with Gasteiger partial charge in [-0.25, -0.2) is 13.8 Å². The molecule has 35 heavy (non-hydrogen) atoms. The number of halogens is 2. The van der Waals surface area contributed by atoms with Gasteiger partial charge < -0.3 is 25.3 Å². The van der Waals surface area contributed by atoms with Crippen molar-refractivity contribution < 1.29 is 18.3 Å². The van der Waals surface area contributed by atoms with Crippen LogP contribution in [0.25, 0.3) is 0 Å². The normalized spacial score (nSPS) is 16.3. The van der Waals surface area contributed by atoms with Crippen molar-refractivity contribution in [3.05, 3.63) is 47.4 Å². The zero-order valence-electron chi connectivity index (χ0n) is 21.1. The van der Waals surface area contributed by atoms with Crippen molar-refractivity contribution in [3.8, 4) is 0 Å². The molecule has 1 aliphatic carbocycles. The molecule has 3 N–H and O–H groups in total. The Morgan fingerprint density at radius 3 is 2.89 bits per heavy atom. The van der Waals surface area contributed by atoms with Gasteiger partial charge in [-0.3, -0.25) is 4.79 Å². The summed E-state index contributed by atoms with van der Waals surface area (Å²) in [6, 6.07) is 1.90. The van der Waals surface area contributed by atoms with Crippen LogP contribution in [0.5, 0.6) is 0 Å². The molecule has 2 atom stereocenters. The summed E-state index contributed by atoms with van der Waals surface area (Å²) in [6.45, 7) is 9.27. The van der Waals surface area contributed by atoms with Crippen LogP contribution in [0.3, 0.4) is 0 Å². The fourth-order valence-electron chi connectivity index (χ4n) is 4.40. The molecule has 0 spiro atoms. The van der Waals surface area contributed by atoms with E-state index in [2.05, 4.69) is 20.9 Å². The summed E-state index contributed by atoms with van der Waals surface area (Å²) in [5.41, 5.74) is 1.27. The first kappa shape index (κ1) is 27.2. The fraction of sp³-hybridized carbons (Fsp3) is 0.615. The summed E-state index contributed by atoms with van der Waals surface area (Å²) in [5, 5.41) is 9.69. The Morgan fingerprint density at radius 2 is 2.11 bits per heavy atom. The topological polar surface area (TPSA) is 80.2 Å². The number of fused-ring (bicyclic) bond motifs is 1. The number of carbonyl (C=O) groups is 1. The molecule has 9 heteroatoms. The average Bonchev–Trinajstić information content (AvgIpc) is 3.25. The van der Waals surface area contributed by atoms with Gasteiger partial charge in [-0.05, 0) is 69.7 Å². The van der Waals surface area contributed by atoms with Crippen LogP contribution in [0.1, 0.15) is 57.6 Å². The summed E-state index contributed by atoms with van der Waals surface area (Å²) in [7, 11) is 0. The largest absolute Gasteiger partial charge is 0.379 e. The highest BCUT2D eigenvalue weighted by Crippen LogP contribution is 2.25. The van der Waals surface area contributed by atoms with Gasteiger partial charge in [0.05, 0.1) is 18.5 Å². The Balaban J connectivity index is 1.45. The van der Waals surface area contributed by atoms with E-state index in [4.69, 9.17) is 4.74 Å². The number of benzene rings is 1. The summed E-state index contributed by atoms with van der Waals surface area (Å²) in [6.07, 6.45) is 8.01. The van der Waals surface area contributed by atoms with E-state index in [1.54, 1.807) is 6.33 Å². The number of hydrogen-bond acceptors (Lipinski definition) is 5. The lowest BCUT2D eigenvalue weighted by molar-refractivity contribution is -0.118. The van der Waals surface area contributed by atoms with Crippen molar-refractivity contribution in [1.82, 2.24) is 20.2 Å². The van der Waals surface area contributed by atoms with Crippen LogP contribution in [-0.2, 0) is 28.9 Å². The highest BCUT2D eigenvalue weighted by atomic mass is 19.1. The first-order valence-corrected chi connectivity index (χ1v) is 12.7. The monoisotopic (exact) mass is 491 g/mol. The summed E-state index contributed by atoms with van der Waals surface area (Å²) < 4.78 is 35.2. The molecule has 1 amide bonds. The first-order chi connectivity index (χ1) is 16.9. The molecule has 3 rings (SSSR count). The Kier molecular flexibility index (Phi) is 10.6. The van der Waals surface area contributed by atoms with Gasteiger partial charge >= 0.3 is 0 Å². The molecule has 1 aromatic carbocycles. The third kappa shape index (κ3) is 8.66. The Bertz CT molecular complexity index is 950. The highest BCUT2D eigenvalue weighted by molar-refractivity contribution is 5.94. The fourth-order valence-corrected chi connectivity index (χ4v) is 4.40. The number of nitrogens with zero attached hydrogens (tertiary/aromatic N) is 2. The summed E-state index contributed by atoms with van der Waals surface area (Å²) in [5.74, 6) is -0.682. The van der Waals surface area contributed by atoms with Crippen LogP contribution >= 0.6 is 0 Å². The molecular formula is C26H39F2N5O2. The van der Waals surface area contributed by atoms with E-state index in [1.807, 2.05) is 31.5 Å². The van der Waals surface area contributed by atoms with E-state index >= 15 is 0 Å². The van der Waals surface area contributed by atoms with Gasteiger partial charge in [-0.1, -0.05) is 13.3 Å². The smallest absolute Gasteiger partial charge is 0.242 e. The van der Waals surface area contributed by atoms with E-state index in [1.165, 1.54) is 6.07 Å². The zero-order chi connectivity index (χ0) is 25.2. The van der Waals surface area contributed by atoms with Gasteiger partial charge in [0.1, 0.15) is 11.6 Å². The lowest BCUT2D eigenvalue weighted by atomic mass is 9.87. The predicted octanol–water partition coefficient (Wildman–Crippen LogP) is 3.82. The number of rotatable bonds is 14. The van der Waals surface area contributed by atoms with Crippen molar-refractivity contribution >= 4 is 11.7 Å². The standard InChI is InChI=1S/C26H39F2N5O2/c1-4-6-24(31-21-8-7-19-13-20(27)14-23(28)22(19)15-21)26(34)32-25-16-33(17-30-25)11-10-29-9-5-12-35-18(2)3/h13-14,16-18,21,24,29,31H,4-12,15H2,1-3H3,(H,32,34)/t21-,24-/m0/s1. The van der Waals surface area contributed by atoms with Crippen molar-refractivity contribution in [2.45, 2.75) is 84.0 Å². The second kappa shape index (κ2) is 13.7. The minimum absolute atomic E-state index is 0.0423. The van der Waals surface area contributed by atoms with Crippen LogP contribution in [0.4, 0.5) is 14.6 Å². The van der Waals surface area contributed by atoms with E-state index in [9.17, 15) is 13.6 Å². The maximum atomic E-state index is 14.3. The minimum Gasteiger partial charge on any atom is -0.379 e. The molecule has 0 saturated carbocycles. The lowest BCUT2D eigenvalue weighted by Crippen LogP contribution is -2.48. The van der Waals surface area contributed by atoms with Crippen molar-refractivity contribution in [2.24, 2.45) is 0 Å². The third-order valence-electron chi connectivity index (χ3n) is 6.18. The van der Waals surface area contributed by atoms with E-state index in [0.717, 1.165) is 57.1 Å². The van der Waals surface area contributed by atoms with Gasteiger partial charge in [-0.15, -0.1) is 0 Å². The first-order valence-electron chi connectivity index (χ1n) is 12.7. The number of imidazole rings is 1. The number of ether oxygens (including phenoxy) is 1. The average molecular weight is 492 g/mol. The van der Waals surface area contributed by atoms with Gasteiger partial charge in [0.15, 0.2) is 5.82 Å².